The maximum atomic E-state index is 13.8. The first kappa shape index (κ1) is 15.8. The Bertz CT molecular complexity index is 740. The molecule has 0 aromatic heterocycles. The van der Waals surface area contributed by atoms with Gasteiger partial charge in [0.1, 0.15) is 5.82 Å². The van der Waals surface area contributed by atoms with Crippen LogP contribution >= 0.6 is 39.3 Å². The molecule has 1 unspecified atom stereocenters. The van der Waals surface area contributed by atoms with Gasteiger partial charge in [-0.1, -0.05) is 27.5 Å². The first-order chi connectivity index (χ1) is 10.5. The standard InChI is InChI=1S/C16H12BrClFNOS/c17-9-1-3-13(19)11(7-9)16(21)20-14-5-6-22-15-4-2-10(18)8-12(14)15/h1-4,7-8,14H,5-6H2,(H,20,21). The van der Waals surface area contributed by atoms with E-state index in [0.717, 1.165) is 22.6 Å². The van der Waals surface area contributed by atoms with E-state index in [9.17, 15) is 9.18 Å². The molecule has 1 aliphatic rings. The zero-order valence-corrected chi connectivity index (χ0v) is 14.6. The van der Waals surface area contributed by atoms with Crippen LogP contribution in [0.25, 0.3) is 0 Å². The van der Waals surface area contributed by atoms with Gasteiger partial charge in [0, 0.05) is 20.1 Å². The van der Waals surface area contributed by atoms with Gasteiger partial charge in [0.05, 0.1) is 11.6 Å². The van der Waals surface area contributed by atoms with Gasteiger partial charge in [-0.2, -0.15) is 0 Å². The van der Waals surface area contributed by atoms with E-state index in [1.54, 1.807) is 17.8 Å². The van der Waals surface area contributed by atoms with Crippen molar-refractivity contribution >= 4 is 45.2 Å². The first-order valence-electron chi connectivity index (χ1n) is 6.73. The Kier molecular flexibility index (Phi) is 4.76. The molecule has 1 amide bonds. The summed E-state index contributed by atoms with van der Waals surface area (Å²) in [5.74, 6) is -0.0422. The van der Waals surface area contributed by atoms with Gasteiger partial charge in [0.25, 0.3) is 5.91 Å². The van der Waals surface area contributed by atoms with Gasteiger partial charge < -0.3 is 5.32 Å². The largest absolute Gasteiger partial charge is 0.345 e. The number of carbonyl (C=O) groups is 1. The van der Waals surface area contributed by atoms with Crippen LogP contribution in [-0.2, 0) is 0 Å². The van der Waals surface area contributed by atoms with Gasteiger partial charge in [0.2, 0.25) is 0 Å². The number of fused-ring (bicyclic) bond motifs is 1. The van der Waals surface area contributed by atoms with Crippen LogP contribution in [0, 0.1) is 5.82 Å². The van der Waals surface area contributed by atoms with Crippen LogP contribution in [0.15, 0.2) is 45.8 Å². The predicted octanol–water partition coefficient (Wildman–Crippen LogP) is 5.21. The molecular formula is C16H12BrClFNOS. The quantitative estimate of drug-likeness (QED) is 0.750. The topological polar surface area (TPSA) is 29.1 Å². The van der Waals surface area contributed by atoms with Crippen molar-refractivity contribution in [1.82, 2.24) is 5.32 Å². The molecule has 22 heavy (non-hydrogen) atoms. The molecular weight excluding hydrogens is 389 g/mol. The zero-order chi connectivity index (χ0) is 15.7. The summed E-state index contributed by atoms with van der Waals surface area (Å²) in [6, 6.07) is 9.85. The summed E-state index contributed by atoms with van der Waals surface area (Å²) in [5, 5.41) is 3.55. The lowest BCUT2D eigenvalue weighted by molar-refractivity contribution is 0.0931. The van der Waals surface area contributed by atoms with Crippen molar-refractivity contribution in [1.29, 1.82) is 0 Å². The van der Waals surface area contributed by atoms with Crippen LogP contribution < -0.4 is 5.32 Å². The van der Waals surface area contributed by atoms with E-state index in [-0.39, 0.29) is 11.6 Å². The van der Waals surface area contributed by atoms with Gasteiger partial charge in [-0.25, -0.2) is 4.39 Å². The number of halogens is 3. The lowest BCUT2D eigenvalue weighted by atomic mass is 10.0. The molecule has 0 radical (unpaired) electrons. The number of amides is 1. The van der Waals surface area contributed by atoms with Gasteiger partial charge in [0.15, 0.2) is 0 Å². The Morgan fingerprint density at radius 3 is 2.95 bits per heavy atom. The van der Waals surface area contributed by atoms with Crippen molar-refractivity contribution in [2.75, 3.05) is 5.75 Å². The zero-order valence-electron chi connectivity index (χ0n) is 11.4. The molecule has 0 bridgehead atoms. The third kappa shape index (κ3) is 3.31. The minimum absolute atomic E-state index is 0.0381. The van der Waals surface area contributed by atoms with Crippen molar-refractivity contribution in [3.63, 3.8) is 0 Å². The van der Waals surface area contributed by atoms with E-state index in [0.29, 0.717) is 9.50 Å². The molecule has 1 heterocycles. The van der Waals surface area contributed by atoms with Crippen molar-refractivity contribution < 1.29 is 9.18 Å². The van der Waals surface area contributed by atoms with Crippen LogP contribution in [0.5, 0.6) is 0 Å². The van der Waals surface area contributed by atoms with Crippen molar-refractivity contribution in [3.05, 3.63) is 62.8 Å². The maximum absolute atomic E-state index is 13.8. The second kappa shape index (κ2) is 6.60. The predicted molar refractivity (Wildman–Crippen MR) is 91.1 cm³/mol. The third-order valence-corrected chi connectivity index (χ3v) is 5.34. The molecule has 2 aromatic carbocycles. The van der Waals surface area contributed by atoms with Crippen LogP contribution in [0.1, 0.15) is 28.4 Å². The fraction of sp³-hybridized carbons (Fsp3) is 0.188. The molecule has 2 nitrogen and oxygen atoms in total. The number of hydrogen-bond acceptors (Lipinski definition) is 2. The molecule has 0 saturated carbocycles. The number of carbonyl (C=O) groups excluding carboxylic acids is 1. The minimum Gasteiger partial charge on any atom is -0.345 e. The molecule has 0 fully saturated rings. The molecule has 0 spiro atoms. The summed E-state index contributed by atoms with van der Waals surface area (Å²) in [5.41, 5.74) is 1.03. The van der Waals surface area contributed by atoms with E-state index >= 15 is 0 Å². The monoisotopic (exact) mass is 399 g/mol. The van der Waals surface area contributed by atoms with E-state index in [2.05, 4.69) is 21.2 Å². The highest BCUT2D eigenvalue weighted by molar-refractivity contribution is 9.10. The molecule has 0 saturated heterocycles. The molecule has 1 aliphatic heterocycles. The Hall–Kier alpha value is -1.04. The van der Waals surface area contributed by atoms with Gasteiger partial charge >= 0.3 is 0 Å². The van der Waals surface area contributed by atoms with Gasteiger partial charge in [-0.15, -0.1) is 11.8 Å². The Balaban J connectivity index is 1.87. The number of rotatable bonds is 2. The van der Waals surface area contributed by atoms with E-state index in [4.69, 9.17) is 11.6 Å². The van der Waals surface area contributed by atoms with Crippen LogP contribution in [0.3, 0.4) is 0 Å². The number of hydrogen-bond donors (Lipinski definition) is 1. The third-order valence-electron chi connectivity index (χ3n) is 3.49. The maximum Gasteiger partial charge on any atom is 0.254 e. The normalized spacial score (nSPS) is 17.0. The molecule has 1 atom stereocenters. The second-order valence-electron chi connectivity index (χ2n) is 4.97. The van der Waals surface area contributed by atoms with E-state index in [1.165, 1.54) is 12.1 Å². The lowest BCUT2D eigenvalue weighted by Crippen LogP contribution is -2.31. The summed E-state index contributed by atoms with van der Waals surface area (Å²) in [7, 11) is 0. The minimum atomic E-state index is -0.530. The number of benzene rings is 2. The van der Waals surface area contributed by atoms with E-state index < -0.39 is 11.7 Å². The first-order valence-corrected chi connectivity index (χ1v) is 8.88. The fourth-order valence-electron chi connectivity index (χ4n) is 2.42. The van der Waals surface area contributed by atoms with E-state index in [1.807, 2.05) is 18.2 Å². The Labute approximate surface area is 145 Å². The van der Waals surface area contributed by atoms with Gasteiger partial charge in [-0.05, 0) is 48.4 Å². The average molecular weight is 401 g/mol. The van der Waals surface area contributed by atoms with Crippen LogP contribution in [0.4, 0.5) is 4.39 Å². The molecule has 6 heteroatoms. The lowest BCUT2D eigenvalue weighted by Gasteiger charge is -2.26. The summed E-state index contributed by atoms with van der Waals surface area (Å²) >= 11 is 11.0. The van der Waals surface area contributed by atoms with Gasteiger partial charge in [-0.3, -0.25) is 4.79 Å². The van der Waals surface area contributed by atoms with Crippen molar-refractivity contribution in [2.45, 2.75) is 17.4 Å². The molecule has 1 N–H and O–H groups in total. The van der Waals surface area contributed by atoms with Crippen LogP contribution in [0.2, 0.25) is 5.02 Å². The number of thioether (sulfide) groups is 1. The highest BCUT2D eigenvalue weighted by Crippen LogP contribution is 2.37. The van der Waals surface area contributed by atoms with Crippen molar-refractivity contribution in [3.8, 4) is 0 Å². The summed E-state index contributed by atoms with van der Waals surface area (Å²) < 4.78 is 14.5. The summed E-state index contributed by atoms with van der Waals surface area (Å²) in [6.45, 7) is 0. The number of nitrogens with one attached hydrogen (secondary N) is 1. The average Bonchev–Trinajstić information content (AvgIpc) is 2.50. The molecule has 2 aromatic rings. The second-order valence-corrected chi connectivity index (χ2v) is 7.46. The highest BCUT2D eigenvalue weighted by atomic mass is 79.9. The highest BCUT2D eigenvalue weighted by Gasteiger charge is 2.24. The molecule has 3 rings (SSSR count). The summed E-state index contributed by atoms with van der Waals surface area (Å²) in [4.78, 5) is 13.5. The summed E-state index contributed by atoms with van der Waals surface area (Å²) in [6.07, 6.45) is 0.791. The van der Waals surface area contributed by atoms with Crippen LogP contribution in [-0.4, -0.2) is 11.7 Å². The smallest absolute Gasteiger partial charge is 0.254 e. The fourth-order valence-corrected chi connectivity index (χ4v) is 4.07. The molecule has 114 valence electrons. The Morgan fingerprint density at radius 2 is 2.14 bits per heavy atom. The Morgan fingerprint density at radius 1 is 1.32 bits per heavy atom. The van der Waals surface area contributed by atoms with Crippen molar-refractivity contribution in [2.24, 2.45) is 0 Å². The molecule has 0 aliphatic carbocycles. The SMILES string of the molecule is O=C(NC1CCSc2ccc(Cl)cc21)c1cc(Br)ccc1F.